The Morgan fingerprint density at radius 3 is 2.80 bits per heavy atom. The highest BCUT2D eigenvalue weighted by molar-refractivity contribution is 5.95. The number of anilines is 1. The molecule has 1 aromatic carbocycles. The molecule has 110 valence electrons. The molecule has 0 radical (unpaired) electrons. The largest absolute Gasteiger partial charge is 0.398 e. The first kappa shape index (κ1) is 14.8. The van der Waals surface area contributed by atoms with Crippen LogP contribution in [0.2, 0.25) is 0 Å². The number of ether oxygens (including phenoxy) is 1. The number of carbonyl (C=O) groups is 1. The van der Waals surface area contributed by atoms with E-state index < -0.39 is 5.82 Å². The summed E-state index contributed by atoms with van der Waals surface area (Å²) in [7, 11) is 0. The van der Waals surface area contributed by atoms with Gasteiger partial charge in [0.1, 0.15) is 5.82 Å². The van der Waals surface area contributed by atoms with Gasteiger partial charge in [-0.15, -0.1) is 0 Å². The number of nitrogens with one attached hydrogen (secondary N) is 1. The molecule has 1 saturated carbocycles. The molecule has 1 aliphatic rings. The van der Waals surface area contributed by atoms with Crippen molar-refractivity contribution in [2.24, 2.45) is 0 Å². The Bertz CT molecular complexity index is 462. The van der Waals surface area contributed by atoms with Crippen LogP contribution in [0.3, 0.4) is 0 Å². The van der Waals surface area contributed by atoms with Gasteiger partial charge >= 0.3 is 0 Å². The number of halogens is 1. The van der Waals surface area contributed by atoms with Crippen LogP contribution in [0.25, 0.3) is 0 Å². The molecule has 1 amide bonds. The highest BCUT2D eigenvalue weighted by atomic mass is 19.1. The standard InChI is InChI=1S/C15H21FN2O2/c1-10-13(16)8-11(9-14(10)17)15(19)18-6-7-20-12-4-2-3-5-12/h8-9,12H,2-7,17H2,1H3,(H,18,19). The molecule has 0 aliphatic heterocycles. The zero-order chi connectivity index (χ0) is 14.5. The summed E-state index contributed by atoms with van der Waals surface area (Å²) in [4.78, 5) is 11.9. The molecule has 0 saturated heterocycles. The van der Waals surface area contributed by atoms with Crippen LogP contribution in [0, 0.1) is 12.7 Å². The second kappa shape index (κ2) is 6.70. The van der Waals surface area contributed by atoms with Gasteiger partial charge in [0.15, 0.2) is 0 Å². The lowest BCUT2D eigenvalue weighted by molar-refractivity contribution is 0.0582. The zero-order valence-electron chi connectivity index (χ0n) is 11.7. The fraction of sp³-hybridized carbons (Fsp3) is 0.533. The Labute approximate surface area is 118 Å². The molecule has 0 atom stereocenters. The molecule has 3 N–H and O–H groups in total. The third kappa shape index (κ3) is 3.70. The van der Waals surface area contributed by atoms with Crippen LogP contribution in [-0.2, 0) is 4.74 Å². The summed E-state index contributed by atoms with van der Waals surface area (Å²) in [5.41, 5.74) is 6.55. The van der Waals surface area contributed by atoms with Crippen molar-refractivity contribution in [2.75, 3.05) is 18.9 Å². The number of amides is 1. The van der Waals surface area contributed by atoms with Crippen LogP contribution >= 0.6 is 0 Å². The zero-order valence-corrected chi connectivity index (χ0v) is 11.7. The van der Waals surface area contributed by atoms with Crippen LogP contribution in [-0.4, -0.2) is 25.2 Å². The lowest BCUT2D eigenvalue weighted by Crippen LogP contribution is -2.28. The van der Waals surface area contributed by atoms with Crippen molar-refractivity contribution in [3.05, 3.63) is 29.1 Å². The monoisotopic (exact) mass is 280 g/mol. The average Bonchev–Trinajstić information content (AvgIpc) is 2.93. The summed E-state index contributed by atoms with van der Waals surface area (Å²) < 4.78 is 19.2. The van der Waals surface area contributed by atoms with Crippen LogP contribution in [0.4, 0.5) is 10.1 Å². The summed E-state index contributed by atoms with van der Waals surface area (Å²) in [6.45, 7) is 2.49. The average molecular weight is 280 g/mol. The minimum Gasteiger partial charge on any atom is -0.398 e. The number of rotatable bonds is 5. The van der Waals surface area contributed by atoms with E-state index in [-0.39, 0.29) is 17.2 Å². The third-order valence-corrected chi connectivity index (χ3v) is 3.69. The van der Waals surface area contributed by atoms with Crippen molar-refractivity contribution in [3.8, 4) is 0 Å². The predicted molar refractivity (Wildman–Crippen MR) is 76.1 cm³/mol. The molecular formula is C15H21FN2O2. The smallest absolute Gasteiger partial charge is 0.251 e. The Morgan fingerprint density at radius 1 is 1.45 bits per heavy atom. The van der Waals surface area contributed by atoms with E-state index in [2.05, 4.69) is 5.32 Å². The summed E-state index contributed by atoms with van der Waals surface area (Å²) in [6, 6.07) is 2.70. The lowest BCUT2D eigenvalue weighted by atomic mass is 10.1. The number of nitrogen functional groups attached to an aromatic ring is 1. The van der Waals surface area contributed by atoms with Gasteiger partial charge in [0.25, 0.3) is 5.91 Å². The van der Waals surface area contributed by atoms with Gasteiger partial charge in [0, 0.05) is 23.4 Å². The fourth-order valence-corrected chi connectivity index (χ4v) is 2.38. The van der Waals surface area contributed by atoms with Gasteiger partial charge in [-0.3, -0.25) is 4.79 Å². The van der Waals surface area contributed by atoms with Crippen molar-refractivity contribution in [1.29, 1.82) is 0 Å². The van der Waals surface area contributed by atoms with Crippen LogP contribution < -0.4 is 11.1 Å². The van der Waals surface area contributed by atoms with Gasteiger partial charge in [-0.25, -0.2) is 4.39 Å². The first-order valence-electron chi connectivity index (χ1n) is 7.03. The lowest BCUT2D eigenvalue weighted by Gasteiger charge is -2.12. The summed E-state index contributed by atoms with van der Waals surface area (Å²) >= 11 is 0. The molecule has 4 nitrogen and oxygen atoms in total. The number of carbonyl (C=O) groups excluding carboxylic acids is 1. The van der Waals surface area contributed by atoms with Gasteiger partial charge in [-0.1, -0.05) is 12.8 Å². The van der Waals surface area contributed by atoms with E-state index in [1.807, 2.05) is 0 Å². The first-order valence-corrected chi connectivity index (χ1v) is 7.03. The molecule has 5 heteroatoms. The Morgan fingerprint density at radius 2 is 2.15 bits per heavy atom. The predicted octanol–water partition coefficient (Wildman–Crippen LogP) is 2.41. The van der Waals surface area contributed by atoms with Crippen LogP contribution in [0.15, 0.2) is 12.1 Å². The normalized spacial score (nSPS) is 15.5. The maximum atomic E-state index is 13.5. The maximum absolute atomic E-state index is 13.5. The van der Waals surface area contributed by atoms with Crippen molar-refractivity contribution < 1.29 is 13.9 Å². The molecular weight excluding hydrogens is 259 g/mol. The van der Waals surface area contributed by atoms with Crippen molar-refractivity contribution in [1.82, 2.24) is 5.32 Å². The molecule has 1 aliphatic carbocycles. The SMILES string of the molecule is Cc1c(N)cc(C(=O)NCCOC2CCCC2)cc1F. The van der Waals surface area contributed by atoms with Gasteiger partial charge in [-0.05, 0) is 31.9 Å². The Hall–Kier alpha value is -1.62. The maximum Gasteiger partial charge on any atom is 0.251 e. The van der Waals surface area contributed by atoms with E-state index in [1.54, 1.807) is 6.92 Å². The van der Waals surface area contributed by atoms with Gasteiger partial charge in [0.05, 0.1) is 12.7 Å². The molecule has 0 aromatic heterocycles. The number of nitrogens with two attached hydrogens (primary N) is 1. The minimum atomic E-state index is -0.461. The second-order valence-electron chi connectivity index (χ2n) is 5.21. The van der Waals surface area contributed by atoms with Gasteiger partial charge < -0.3 is 15.8 Å². The van der Waals surface area contributed by atoms with E-state index in [4.69, 9.17) is 10.5 Å². The molecule has 0 bridgehead atoms. The molecule has 0 spiro atoms. The molecule has 1 fully saturated rings. The second-order valence-corrected chi connectivity index (χ2v) is 5.21. The van der Waals surface area contributed by atoms with Crippen LogP contribution in [0.5, 0.6) is 0 Å². The molecule has 0 heterocycles. The quantitative estimate of drug-likeness (QED) is 0.643. The molecule has 0 unspecified atom stereocenters. The van der Waals surface area contributed by atoms with E-state index in [9.17, 15) is 9.18 Å². The minimum absolute atomic E-state index is 0.242. The number of benzene rings is 1. The topological polar surface area (TPSA) is 64.4 Å². The Balaban J connectivity index is 1.79. The van der Waals surface area contributed by atoms with Gasteiger partial charge in [0.2, 0.25) is 0 Å². The van der Waals surface area contributed by atoms with Crippen molar-refractivity contribution in [3.63, 3.8) is 0 Å². The van der Waals surface area contributed by atoms with Gasteiger partial charge in [-0.2, -0.15) is 0 Å². The van der Waals surface area contributed by atoms with E-state index in [1.165, 1.54) is 25.0 Å². The highest BCUT2D eigenvalue weighted by Crippen LogP contribution is 2.20. The van der Waals surface area contributed by atoms with E-state index in [0.717, 1.165) is 12.8 Å². The molecule has 1 aromatic rings. The summed E-state index contributed by atoms with van der Waals surface area (Å²) in [6.07, 6.45) is 4.98. The number of hydrogen-bond acceptors (Lipinski definition) is 3. The Kier molecular flexibility index (Phi) is 4.95. The summed E-state index contributed by atoms with van der Waals surface area (Å²) in [5, 5.41) is 2.71. The molecule has 20 heavy (non-hydrogen) atoms. The van der Waals surface area contributed by atoms with E-state index in [0.29, 0.717) is 24.8 Å². The van der Waals surface area contributed by atoms with E-state index >= 15 is 0 Å². The van der Waals surface area contributed by atoms with Crippen LogP contribution in [0.1, 0.15) is 41.6 Å². The highest BCUT2D eigenvalue weighted by Gasteiger charge is 2.15. The third-order valence-electron chi connectivity index (χ3n) is 3.69. The molecule has 2 rings (SSSR count). The number of hydrogen-bond donors (Lipinski definition) is 2. The summed E-state index contributed by atoms with van der Waals surface area (Å²) in [5.74, 6) is -0.789. The first-order chi connectivity index (χ1) is 9.58. The van der Waals surface area contributed by atoms with Crippen molar-refractivity contribution in [2.45, 2.75) is 38.7 Å². The van der Waals surface area contributed by atoms with Crippen molar-refractivity contribution >= 4 is 11.6 Å². The fourth-order valence-electron chi connectivity index (χ4n) is 2.38.